The summed E-state index contributed by atoms with van der Waals surface area (Å²) in [4.78, 5) is 12.6. The Morgan fingerprint density at radius 3 is 2.67 bits per heavy atom. The number of aliphatic hydroxyl groups is 1. The Balaban J connectivity index is 2.01. The van der Waals surface area contributed by atoms with Gasteiger partial charge in [0.1, 0.15) is 0 Å². The number of rotatable bonds is 3. The fourth-order valence-electron chi connectivity index (χ4n) is 3.25. The van der Waals surface area contributed by atoms with Crippen molar-refractivity contribution in [2.45, 2.75) is 58.1 Å². The second-order valence-corrected chi connectivity index (χ2v) is 6.17. The summed E-state index contributed by atoms with van der Waals surface area (Å²) in [7, 11) is 0. The minimum atomic E-state index is -0.360. The van der Waals surface area contributed by atoms with Gasteiger partial charge in [0.05, 0.1) is 17.6 Å². The molecule has 1 heterocycles. The smallest absolute Gasteiger partial charge is 0.228 e. The fourth-order valence-corrected chi connectivity index (χ4v) is 3.25. The lowest BCUT2D eigenvalue weighted by Crippen LogP contribution is -2.53. The van der Waals surface area contributed by atoms with Gasteiger partial charge in [-0.2, -0.15) is 0 Å². The van der Waals surface area contributed by atoms with Crippen LogP contribution in [0.4, 0.5) is 0 Å². The Hall–Kier alpha value is -0.610. The van der Waals surface area contributed by atoms with Crippen LogP contribution in [0.3, 0.4) is 0 Å². The zero-order valence-electron chi connectivity index (χ0n) is 11.5. The van der Waals surface area contributed by atoms with Crippen molar-refractivity contribution in [1.29, 1.82) is 0 Å². The number of hydrogen-bond donors (Lipinski definition) is 3. The molecule has 2 fully saturated rings. The van der Waals surface area contributed by atoms with Crippen LogP contribution in [-0.4, -0.2) is 36.2 Å². The minimum absolute atomic E-state index is 0.0394. The van der Waals surface area contributed by atoms with Crippen LogP contribution >= 0.6 is 0 Å². The van der Waals surface area contributed by atoms with Crippen molar-refractivity contribution in [3.8, 4) is 0 Å². The molecule has 3 atom stereocenters. The Morgan fingerprint density at radius 2 is 2.11 bits per heavy atom. The molecule has 0 aromatic rings. The van der Waals surface area contributed by atoms with Crippen LogP contribution in [0, 0.1) is 11.3 Å². The Morgan fingerprint density at radius 1 is 1.39 bits per heavy atom. The average molecular weight is 254 g/mol. The maximum Gasteiger partial charge on any atom is 0.228 e. The number of amides is 1. The van der Waals surface area contributed by atoms with Gasteiger partial charge in [0.25, 0.3) is 0 Å². The van der Waals surface area contributed by atoms with Gasteiger partial charge in [-0.3, -0.25) is 4.79 Å². The second-order valence-electron chi connectivity index (χ2n) is 6.17. The highest BCUT2D eigenvalue weighted by atomic mass is 16.3. The highest BCUT2D eigenvalue weighted by molar-refractivity contribution is 5.84. The van der Waals surface area contributed by atoms with Crippen molar-refractivity contribution in [2.75, 3.05) is 13.1 Å². The van der Waals surface area contributed by atoms with E-state index in [1.807, 2.05) is 0 Å². The Kier molecular flexibility index (Phi) is 4.28. The molecule has 18 heavy (non-hydrogen) atoms. The number of carbonyl (C=O) groups is 1. The SMILES string of the molecule is CC(C)C1(C(=O)NC2CCCCC2O)CCNC1. The third-order valence-corrected chi connectivity index (χ3v) is 4.79. The van der Waals surface area contributed by atoms with Crippen LogP contribution in [0.1, 0.15) is 46.0 Å². The van der Waals surface area contributed by atoms with E-state index in [1.54, 1.807) is 0 Å². The number of hydrogen-bond acceptors (Lipinski definition) is 3. The number of aliphatic hydroxyl groups excluding tert-OH is 1. The molecule has 1 aliphatic heterocycles. The van der Waals surface area contributed by atoms with Crippen molar-refractivity contribution >= 4 is 5.91 Å². The maximum absolute atomic E-state index is 12.6. The molecule has 1 saturated carbocycles. The van der Waals surface area contributed by atoms with Crippen molar-refractivity contribution < 1.29 is 9.90 Å². The molecule has 0 bridgehead atoms. The van der Waals surface area contributed by atoms with Crippen LogP contribution in [0.25, 0.3) is 0 Å². The number of carbonyl (C=O) groups excluding carboxylic acids is 1. The third-order valence-electron chi connectivity index (χ3n) is 4.79. The molecule has 0 aromatic heterocycles. The van der Waals surface area contributed by atoms with E-state index in [9.17, 15) is 9.90 Å². The number of nitrogens with one attached hydrogen (secondary N) is 2. The lowest BCUT2D eigenvalue weighted by molar-refractivity contribution is -0.134. The summed E-state index contributed by atoms with van der Waals surface area (Å²) in [6, 6.07) is -0.0394. The second kappa shape index (κ2) is 5.57. The van der Waals surface area contributed by atoms with Gasteiger partial charge in [-0.25, -0.2) is 0 Å². The molecule has 104 valence electrons. The molecule has 0 radical (unpaired) electrons. The molecule has 0 spiro atoms. The highest BCUT2D eigenvalue weighted by Gasteiger charge is 2.44. The molecule has 4 nitrogen and oxygen atoms in total. The molecule has 1 amide bonds. The van der Waals surface area contributed by atoms with Crippen molar-refractivity contribution in [3.63, 3.8) is 0 Å². The minimum Gasteiger partial charge on any atom is -0.391 e. The summed E-state index contributed by atoms with van der Waals surface area (Å²) in [5.74, 6) is 0.460. The van der Waals surface area contributed by atoms with E-state index in [0.29, 0.717) is 5.92 Å². The van der Waals surface area contributed by atoms with Gasteiger partial charge in [0.15, 0.2) is 0 Å². The fraction of sp³-hybridized carbons (Fsp3) is 0.929. The molecule has 4 heteroatoms. The van der Waals surface area contributed by atoms with Crippen molar-refractivity contribution in [2.24, 2.45) is 11.3 Å². The van der Waals surface area contributed by atoms with Crippen LogP contribution in [0.2, 0.25) is 0 Å². The average Bonchev–Trinajstić information content (AvgIpc) is 2.82. The summed E-state index contributed by atoms with van der Waals surface area (Å²) in [6.07, 6.45) is 4.45. The molecule has 3 N–H and O–H groups in total. The van der Waals surface area contributed by atoms with E-state index in [-0.39, 0.29) is 23.5 Å². The van der Waals surface area contributed by atoms with E-state index >= 15 is 0 Å². The van der Waals surface area contributed by atoms with Crippen LogP contribution < -0.4 is 10.6 Å². The zero-order chi connectivity index (χ0) is 13.2. The molecular formula is C14H26N2O2. The summed E-state index contributed by atoms with van der Waals surface area (Å²) >= 11 is 0. The summed E-state index contributed by atoms with van der Waals surface area (Å²) in [5.41, 5.74) is -0.281. The standard InChI is InChI=1S/C14H26N2O2/c1-10(2)14(7-8-15-9-14)13(18)16-11-5-3-4-6-12(11)17/h10-12,15,17H,3-9H2,1-2H3,(H,16,18). The van der Waals surface area contributed by atoms with E-state index in [4.69, 9.17) is 0 Å². The van der Waals surface area contributed by atoms with Crippen molar-refractivity contribution in [3.05, 3.63) is 0 Å². The van der Waals surface area contributed by atoms with Gasteiger partial charge < -0.3 is 15.7 Å². The quantitative estimate of drug-likeness (QED) is 0.705. The predicted octanol–water partition coefficient (Wildman–Crippen LogP) is 1.04. The predicted molar refractivity (Wildman–Crippen MR) is 71.2 cm³/mol. The first-order valence-corrected chi connectivity index (χ1v) is 7.26. The Labute approximate surface area is 110 Å². The van der Waals surface area contributed by atoms with Crippen LogP contribution in [0.5, 0.6) is 0 Å². The molecule has 1 aliphatic carbocycles. The van der Waals surface area contributed by atoms with E-state index in [2.05, 4.69) is 24.5 Å². The van der Waals surface area contributed by atoms with Crippen LogP contribution in [0.15, 0.2) is 0 Å². The lowest BCUT2D eigenvalue weighted by atomic mass is 9.75. The molecule has 0 aromatic carbocycles. The van der Waals surface area contributed by atoms with Gasteiger partial charge >= 0.3 is 0 Å². The van der Waals surface area contributed by atoms with Gasteiger partial charge in [0.2, 0.25) is 5.91 Å². The summed E-state index contributed by atoms with van der Waals surface area (Å²) in [6.45, 7) is 5.91. The van der Waals surface area contributed by atoms with Crippen LogP contribution in [-0.2, 0) is 4.79 Å². The highest BCUT2D eigenvalue weighted by Crippen LogP contribution is 2.35. The normalized spacial score (nSPS) is 36.9. The van der Waals surface area contributed by atoms with E-state index in [1.165, 1.54) is 0 Å². The van der Waals surface area contributed by atoms with Gasteiger partial charge in [-0.1, -0.05) is 26.7 Å². The van der Waals surface area contributed by atoms with Gasteiger partial charge in [-0.15, -0.1) is 0 Å². The molecule has 1 saturated heterocycles. The summed E-state index contributed by atoms with van der Waals surface area (Å²) in [5, 5.41) is 16.4. The van der Waals surface area contributed by atoms with E-state index < -0.39 is 0 Å². The topological polar surface area (TPSA) is 61.4 Å². The first kappa shape index (κ1) is 13.8. The Bertz CT molecular complexity index is 298. The molecule has 3 unspecified atom stereocenters. The molecule has 2 rings (SSSR count). The first-order valence-electron chi connectivity index (χ1n) is 7.26. The summed E-state index contributed by atoms with van der Waals surface area (Å²) < 4.78 is 0. The zero-order valence-corrected chi connectivity index (χ0v) is 11.5. The lowest BCUT2D eigenvalue weighted by Gasteiger charge is -2.35. The van der Waals surface area contributed by atoms with Gasteiger partial charge in [-0.05, 0) is 31.7 Å². The molecule has 2 aliphatic rings. The van der Waals surface area contributed by atoms with Gasteiger partial charge in [0, 0.05) is 6.54 Å². The largest absolute Gasteiger partial charge is 0.391 e. The third kappa shape index (κ3) is 2.54. The monoisotopic (exact) mass is 254 g/mol. The van der Waals surface area contributed by atoms with Crippen molar-refractivity contribution in [1.82, 2.24) is 10.6 Å². The first-order chi connectivity index (χ1) is 8.56. The maximum atomic E-state index is 12.6. The molecular weight excluding hydrogens is 228 g/mol. The van der Waals surface area contributed by atoms with E-state index in [0.717, 1.165) is 45.2 Å².